The first-order valence-corrected chi connectivity index (χ1v) is 6.74. The topological polar surface area (TPSA) is 88.0 Å². The van der Waals surface area contributed by atoms with E-state index >= 15 is 0 Å². The SMILES string of the molecule is CC(C)(CN)NC(=O)c1ccc(-c2ccccc2)[nH]c1=O. The van der Waals surface area contributed by atoms with Gasteiger partial charge in [0.05, 0.1) is 0 Å². The summed E-state index contributed by atoms with van der Waals surface area (Å²) in [7, 11) is 0. The van der Waals surface area contributed by atoms with E-state index in [0.717, 1.165) is 5.56 Å². The Bertz CT molecular complexity index is 690. The molecule has 0 saturated heterocycles. The number of hydrogen-bond donors (Lipinski definition) is 3. The van der Waals surface area contributed by atoms with E-state index in [0.29, 0.717) is 12.2 Å². The third kappa shape index (κ3) is 3.58. The quantitative estimate of drug-likeness (QED) is 0.795. The number of carbonyl (C=O) groups is 1. The molecule has 0 radical (unpaired) electrons. The Hall–Kier alpha value is -2.40. The molecule has 1 amide bonds. The molecule has 1 aromatic carbocycles. The van der Waals surface area contributed by atoms with Gasteiger partial charge in [0.25, 0.3) is 11.5 Å². The predicted octanol–water partition coefficient (Wildman–Crippen LogP) is 1.51. The minimum Gasteiger partial charge on any atom is -0.346 e. The summed E-state index contributed by atoms with van der Waals surface area (Å²) in [5.41, 5.74) is 6.25. The van der Waals surface area contributed by atoms with E-state index in [1.54, 1.807) is 19.9 Å². The second kappa shape index (κ2) is 5.93. The summed E-state index contributed by atoms with van der Waals surface area (Å²) in [5.74, 6) is -0.425. The summed E-state index contributed by atoms with van der Waals surface area (Å²) in [4.78, 5) is 26.9. The van der Waals surface area contributed by atoms with Gasteiger partial charge in [-0.1, -0.05) is 30.3 Å². The first-order valence-electron chi connectivity index (χ1n) is 6.74. The van der Waals surface area contributed by atoms with E-state index in [1.807, 2.05) is 30.3 Å². The molecule has 0 aliphatic rings. The minimum atomic E-state index is -0.554. The number of hydrogen-bond acceptors (Lipinski definition) is 3. The Balaban J connectivity index is 2.28. The molecule has 0 fully saturated rings. The number of amides is 1. The van der Waals surface area contributed by atoms with Crippen molar-refractivity contribution in [3.05, 3.63) is 58.4 Å². The van der Waals surface area contributed by atoms with Crippen molar-refractivity contribution in [2.45, 2.75) is 19.4 Å². The second-order valence-electron chi connectivity index (χ2n) is 5.52. The van der Waals surface area contributed by atoms with Crippen LogP contribution in [0.5, 0.6) is 0 Å². The van der Waals surface area contributed by atoms with Gasteiger partial charge in [-0.3, -0.25) is 9.59 Å². The normalized spacial score (nSPS) is 11.2. The molecule has 110 valence electrons. The van der Waals surface area contributed by atoms with Crippen LogP contribution in [0.1, 0.15) is 24.2 Å². The summed E-state index contributed by atoms with van der Waals surface area (Å²) in [5, 5.41) is 2.74. The highest BCUT2D eigenvalue weighted by atomic mass is 16.2. The number of aromatic nitrogens is 1. The zero-order valence-electron chi connectivity index (χ0n) is 12.1. The number of aromatic amines is 1. The number of benzene rings is 1. The number of pyridine rings is 1. The van der Waals surface area contributed by atoms with Crippen LogP contribution in [0.2, 0.25) is 0 Å². The summed E-state index contributed by atoms with van der Waals surface area (Å²) in [6, 6.07) is 12.7. The average molecular weight is 285 g/mol. The van der Waals surface area contributed by atoms with Gasteiger partial charge in [0.2, 0.25) is 0 Å². The first kappa shape index (κ1) is 15.0. The maximum Gasteiger partial charge on any atom is 0.261 e. The molecular weight excluding hydrogens is 266 g/mol. The fraction of sp³-hybridized carbons (Fsp3) is 0.250. The van der Waals surface area contributed by atoms with Crippen molar-refractivity contribution < 1.29 is 4.79 Å². The Morgan fingerprint density at radius 2 is 1.86 bits per heavy atom. The molecule has 21 heavy (non-hydrogen) atoms. The number of rotatable bonds is 4. The fourth-order valence-electron chi connectivity index (χ4n) is 1.86. The summed E-state index contributed by atoms with van der Waals surface area (Å²) in [6.07, 6.45) is 0. The van der Waals surface area contributed by atoms with Crippen LogP contribution < -0.4 is 16.6 Å². The van der Waals surface area contributed by atoms with E-state index in [4.69, 9.17) is 5.73 Å². The molecule has 1 aromatic heterocycles. The maximum atomic E-state index is 12.1. The number of carbonyl (C=O) groups excluding carboxylic acids is 1. The highest BCUT2D eigenvalue weighted by molar-refractivity contribution is 5.94. The van der Waals surface area contributed by atoms with Crippen LogP contribution in [0.25, 0.3) is 11.3 Å². The van der Waals surface area contributed by atoms with E-state index < -0.39 is 17.0 Å². The molecule has 0 spiro atoms. The van der Waals surface area contributed by atoms with E-state index in [-0.39, 0.29) is 5.56 Å². The van der Waals surface area contributed by atoms with Crippen LogP contribution in [-0.4, -0.2) is 23.0 Å². The molecule has 5 nitrogen and oxygen atoms in total. The Morgan fingerprint density at radius 1 is 1.19 bits per heavy atom. The van der Waals surface area contributed by atoms with Crippen LogP contribution in [0.4, 0.5) is 0 Å². The minimum absolute atomic E-state index is 0.0798. The maximum absolute atomic E-state index is 12.1. The third-order valence-corrected chi connectivity index (χ3v) is 3.20. The lowest BCUT2D eigenvalue weighted by Gasteiger charge is -2.23. The zero-order valence-corrected chi connectivity index (χ0v) is 12.1. The number of nitrogens with one attached hydrogen (secondary N) is 2. The molecular formula is C16H19N3O2. The molecule has 0 unspecified atom stereocenters. The van der Waals surface area contributed by atoms with Crippen molar-refractivity contribution in [3.63, 3.8) is 0 Å². The van der Waals surface area contributed by atoms with Crippen molar-refractivity contribution in [2.24, 2.45) is 5.73 Å². The monoisotopic (exact) mass is 285 g/mol. The van der Waals surface area contributed by atoms with E-state index in [2.05, 4.69) is 10.3 Å². The van der Waals surface area contributed by atoms with Crippen LogP contribution in [0.15, 0.2) is 47.3 Å². The summed E-state index contributed by atoms with van der Waals surface area (Å²) < 4.78 is 0. The van der Waals surface area contributed by atoms with Gasteiger partial charge >= 0.3 is 0 Å². The van der Waals surface area contributed by atoms with Crippen LogP contribution >= 0.6 is 0 Å². The fourth-order valence-corrected chi connectivity index (χ4v) is 1.86. The molecule has 0 atom stereocenters. The Kier molecular flexibility index (Phi) is 4.23. The predicted molar refractivity (Wildman–Crippen MR) is 83.1 cm³/mol. The van der Waals surface area contributed by atoms with Gasteiger partial charge < -0.3 is 16.0 Å². The molecule has 0 aliphatic heterocycles. The van der Waals surface area contributed by atoms with Crippen molar-refractivity contribution in [1.82, 2.24) is 10.3 Å². The zero-order chi connectivity index (χ0) is 15.5. The first-order chi connectivity index (χ1) is 9.93. The van der Waals surface area contributed by atoms with Gasteiger partial charge in [-0.2, -0.15) is 0 Å². The standard InChI is InChI=1S/C16H19N3O2/c1-16(2,10-17)19-15(21)12-8-9-13(18-14(12)20)11-6-4-3-5-7-11/h3-9H,10,17H2,1-2H3,(H,18,20)(H,19,21). The second-order valence-corrected chi connectivity index (χ2v) is 5.52. The molecule has 2 aromatic rings. The number of H-pyrrole nitrogens is 1. The van der Waals surface area contributed by atoms with Crippen molar-refractivity contribution in [1.29, 1.82) is 0 Å². The molecule has 4 N–H and O–H groups in total. The van der Waals surface area contributed by atoms with Gasteiger partial charge in [0.15, 0.2) is 0 Å². The molecule has 0 aliphatic carbocycles. The van der Waals surface area contributed by atoms with E-state index in [9.17, 15) is 9.59 Å². The molecule has 0 bridgehead atoms. The molecule has 1 heterocycles. The molecule has 0 saturated carbocycles. The van der Waals surface area contributed by atoms with Crippen molar-refractivity contribution >= 4 is 5.91 Å². The summed E-state index contributed by atoms with van der Waals surface area (Å²) >= 11 is 0. The number of nitrogens with two attached hydrogens (primary N) is 1. The lowest BCUT2D eigenvalue weighted by molar-refractivity contribution is 0.0914. The highest BCUT2D eigenvalue weighted by Crippen LogP contribution is 2.14. The Morgan fingerprint density at radius 3 is 2.43 bits per heavy atom. The highest BCUT2D eigenvalue weighted by Gasteiger charge is 2.21. The smallest absolute Gasteiger partial charge is 0.261 e. The van der Waals surface area contributed by atoms with Crippen LogP contribution in [-0.2, 0) is 0 Å². The van der Waals surface area contributed by atoms with Crippen LogP contribution in [0, 0.1) is 0 Å². The largest absolute Gasteiger partial charge is 0.346 e. The van der Waals surface area contributed by atoms with Crippen molar-refractivity contribution in [2.75, 3.05) is 6.54 Å². The molecule has 2 rings (SSSR count). The van der Waals surface area contributed by atoms with Gasteiger partial charge in [-0.05, 0) is 31.5 Å². The summed E-state index contributed by atoms with van der Waals surface area (Å²) in [6.45, 7) is 3.90. The van der Waals surface area contributed by atoms with Gasteiger partial charge in [-0.15, -0.1) is 0 Å². The van der Waals surface area contributed by atoms with Crippen LogP contribution in [0.3, 0.4) is 0 Å². The lowest BCUT2D eigenvalue weighted by Crippen LogP contribution is -2.49. The van der Waals surface area contributed by atoms with Crippen molar-refractivity contribution in [3.8, 4) is 11.3 Å². The van der Waals surface area contributed by atoms with Gasteiger partial charge in [-0.25, -0.2) is 0 Å². The molecule has 5 heteroatoms. The van der Waals surface area contributed by atoms with E-state index in [1.165, 1.54) is 6.07 Å². The van der Waals surface area contributed by atoms with Gasteiger partial charge in [0.1, 0.15) is 5.56 Å². The average Bonchev–Trinajstić information content (AvgIpc) is 2.47. The van der Waals surface area contributed by atoms with Gasteiger partial charge in [0, 0.05) is 17.8 Å². The Labute approximate surface area is 123 Å². The lowest BCUT2D eigenvalue weighted by atomic mass is 10.1. The third-order valence-electron chi connectivity index (χ3n) is 3.20.